The van der Waals surface area contributed by atoms with Crippen molar-refractivity contribution in [3.8, 4) is 50.4 Å². The molecule has 374 valence electrons. The van der Waals surface area contributed by atoms with Gasteiger partial charge in [-0.15, -0.1) is 0 Å². The SMILES string of the molecule is Cc1ccc(N(c2ccc(C)cc2-c2ccc(-n3c4ccccc4c4ccccc43)cc2)c2ccc(C)cc2-c2ccc(-n3c4ccccc4c4ccccc43)cc2)c(-c2ccc(-n3c4ccccc4c4ccccc43)cc2)c1. The van der Waals surface area contributed by atoms with Gasteiger partial charge in [0.1, 0.15) is 0 Å². The summed E-state index contributed by atoms with van der Waals surface area (Å²) in [4.78, 5) is 2.53. The first-order chi connectivity index (χ1) is 38.9. The van der Waals surface area contributed by atoms with Gasteiger partial charge in [0.2, 0.25) is 0 Å². The summed E-state index contributed by atoms with van der Waals surface area (Å²) in [7, 11) is 0. The Hall–Kier alpha value is -10.2. The predicted molar refractivity (Wildman–Crippen MR) is 335 cm³/mol. The highest BCUT2D eigenvalue weighted by molar-refractivity contribution is 6.11. The van der Waals surface area contributed by atoms with Gasteiger partial charge in [0.25, 0.3) is 0 Å². The zero-order valence-electron chi connectivity index (χ0n) is 44.3. The molecule has 0 aliphatic rings. The van der Waals surface area contributed by atoms with Gasteiger partial charge in [0, 0.05) is 66.1 Å². The van der Waals surface area contributed by atoms with Gasteiger partial charge in [-0.25, -0.2) is 0 Å². The second kappa shape index (κ2) is 18.5. The minimum absolute atomic E-state index is 1.09. The number of aromatic nitrogens is 3. The first-order valence-electron chi connectivity index (χ1n) is 27.3. The molecule has 0 saturated carbocycles. The largest absolute Gasteiger partial charge is 0.309 e. The molecule has 0 amide bonds. The highest BCUT2D eigenvalue weighted by Crippen LogP contribution is 2.49. The van der Waals surface area contributed by atoms with Gasteiger partial charge in [0.05, 0.1) is 50.2 Å². The van der Waals surface area contributed by atoms with Crippen LogP contribution in [0, 0.1) is 20.8 Å². The van der Waals surface area contributed by atoms with E-state index in [9.17, 15) is 0 Å². The standard InChI is InChI=1S/C75H54N4/c1-49-28-43-73(64(46-49)52-31-37-55(38-32-52)76-67-22-10-4-16-58(67)59-17-5-11-23-68(59)76)79(74-44-29-50(2)47-65(74)53-33-39-56(40-34-53)77-69-24-12-6-18-60(69)61-19-7-13-25-70(61)77)75-45-30-51(3)48-66(75)54-35-41-57(42-36-54)78-71-26-14-8-20-62(71)63-21-9-15-27-72(63)78/h4-48H,1-3H3. The van der Waals surface area contributed by atoms with Crippen LogP contribution in [0.4, 0.5) is 17.1 Å². The molecule has 0 radical (unpaired) electrons. The van der Waals surface area contributed by atoms with E-state index < -0.39 is 0 Å². The van der Waals surface area contributed by atoms with Crippen molar-refractivity contribution in [3.63, 3.8) is 0 Å². The zero-order valence-corrected chi connectivity index (χ0v) is 44.3. The lowest BCUT2D eigenvalue weighted by molar-refractivity contribution is 1.18. The minimum atomic E-state index is 1.09. The number of nitrogens with zero attached hydrogens (tertiary/aromatic N) is 4. The Balaban J connectivity index is 0.915. The molecule has 0 unspecified atom stereocenters. The summed E-state index contributed by atoms with van der Waals surface area (Å²) >= 11 is 0. The molecule has 0 spiro atoms. The summed E-state index contributed by atoms with van der Waals surface area (Å²) in [5.41, 5.74) is 24.3. The van der Waals surface area contributed by atoms with Crippen LogP contribution in [-0.2, 0) is 0 Å². The molecule has 0 aliphatic carbocycles. The third-order valence-corrected chi connectivity index (χ3v) is 16.2. The third-order valence-electron chi connectivity index (χ3n) is 16.2. The van der Waals surface area contributed by atoms with Crippen molar-refractivity contribution >= 4 is 82.5 Å². The van der Waals surface area contributed by atoms with Crippen LogP contribution in [0.5, 0.6) is 0 Å². The van der Waals surface area contributed by atoms with Gasteiger partial charge in [0.15, 0.2) is 0 Å². The number of fused-ring (bicyclic) bond motifs is 9. The van der Waals surface area contributed by atoms with E-state index in [1.807, 2.05) is 0 Å². The maximum absolute atomic E-state index is 2.53. The molecule has 3 aromatic heterocycles. The summed E-state index contributed by atoms with van der Waals surface area (Å²) in [6.45, 7) is 6.61. The molecule has 4 heteroatoms. The Labute approximate surface area is 459 Å². The van der Waals surface area contributed by atoms with Crippen LogP contribution in [0.3, 0.4) is 0 Å². The number of benzene rings is 12. The first kappa shape index (κ1) is 46.2. The van der Waals surface area contributed by atoms with Crippen LogP contribution >= 0.6 is 0 Å². The lowest BCUT2D eigenvalue weighted by atomic mass is 9.94. The molecule has 0 atom stereocenters. The van der Waals surface area contributed by atoms with E-state index in [1.165, 1.54) is 82.1 Å². The Kier molecular flexibility index (Phi) is 10.8. The smallest absolute Gasteiger partial charge is 0.0541 e. The van der Waals surface area contributed by atoms with E-state index in [4.69, 9.17) is 0 Å². The second-order valence-corrected chi connectivity index (χ2v) is 21.1. The lowest BCUT2D eigenvalue weighted by Crippen LogP contribution is -2.14. The summed E-state index contributed by atoms with van der Waals surface area (Å²) in [5.74, 6) is 0. The summed E-state index contributed by atoms with van der Waals surface area (Å²) in [6, 6.07) is 101. The number of hydrogen-bond acceptors (Lipinski definition) is 1. The molecule has 0 saturated heterocycles. The Bertz CT molecular complexity index is 4200. The van der Waals surface area contributed by atoms with E-state index in [0.29, 0.717) is 0 Å². The fraction of sp³-hybridized carbons (Fsp3) is 0.0400. The minimum Gasteiger partial charge on any atom is -0.309 e. The summed E-state index contributed by atoms with van der Waals surface area (Å²) < 4.78 is 7.19. The maximum Gasteiger partial charge on any atom is 0.0541 e. The molecule has 4 nitrogen and oxygen atoms in total. The van der Waals surface area contributed by atoms with Crippen LogP contribution < -0.4 is 4.90 Å². The van der Waals surface area contributed by atoms with Gasteiger partial charge < -0.3 is 18.6 Å². The number of aryl methyl sites for hydroxylation is 3. The van der Waals surface area contributed by atoms with E-state index in [0.717, 1.165) is 67.5 Å². The maximum atomic E-state index is 2.53. The van der Waals surface area contributed by atoms with E-state index in [-0.39, 0.29) is 0 Å². The van der Waals surface area contributed by atoms with Crippen LogP contribution in [0.2, 0.25) is 0 Å². The molecule has 3 heterocycles. The number of para-hydroxylation sites is 6. The Morgan fingerprint density at radius 3 is 0.671 bits per heavy atom. The van der Waals surface area contributed by atoms with Gasteiger partial charge in [-0.3, -0.25) is 0 Å². The van der Waals surface area contributed by atoms with Crippen molar-refractivity contribution in [3.05, 3.63) is 290 Å². The molecule has 79 heavy (non-hydrogen) atoms. The van der Waals surface area contributed by atoms with Gasteiger partial charge in [-0.05, 0) is 147 Å². The fourth-order valence-electron chi connectivity index (χ4n) is 12.6. The lowest BCUT2D eigenvalue weighted by Gasteiger charge is -2.32. The van der Waals surface area contributed by atoms with Gasteiger partial charge in [-0.1, -0.05) is 180 Å². The third kappa shape index (κ3) is 7.59. The molecule has 0 N–H and O–H groups in total. The van der Waals surface area contributed by atoms with E-state index in [1.54, 1.807) is 0 Å². The normalized spacial score (nSPS) is 11.7. The second-order valence-electron chi connectivity index (χ2n) is 21.1. The topological polar surface area (TPSA) is 18.0 Å². The first-order valence-corrected chi connectivity index (χ1v) is 27.3. The van der Waals surface area contributed by atoms with Crippen molar-refractivity contribution in [1.82, 2.24) is 13.7 Å². The Morgan fingerprint density at radius 2 is 0.443 bits per heavy atom. The van der Waals surface area contributed by atoms with Crippen molar-refractivity contribution < 1.29 is 0 Å². The molecule has 12 aromatic carbocycles. The molecule has 15 rings (SSSR count). The summed E-state index contributed by atoms with van der Waals surface area (Å²) in [5, 5.41) is 7.52. The average molecular weight is 1010 g/mol. The Morgan fingerprint density at radius 1 is 0.228 bits per heavy atom. The molecular formula is C75H54N4. The van der Waals surface area contributed by atoms with Crippen molar-refractivity contribution in [2.75, 3.05) is 4.90 Å². The number of hydrogen-bond donors (Lipinski definition) is 0. The van der Waals surface area contributed by atoms with Gasteiger partial charge >= 0.3 is 0 Å². The fourth-order valence-corrected chi connectivity index (χ4v) is 12.6. The van der Waals surface area contributed by atoms with E-state index in [2.05, 4.69) is 312 Å². The molecule has 15 aromatic rings. The summed E-state index contributed by atoms with van der Waals surface area (Å²) in [6.07, 6.45) is 0. The van der Waals surface area contributed by atoms with Crippen molar-refractivity contribution in [2.45, 2.75) is 20.8 Å². The number of rotatable bonds is 9. The highest BCUT2D eigenvalue weighted by atomic mass is 15.2. The van der Waals surface area contributed by atoms with E-state index >= 15 is 0 Å². The average Bonchev–Trinajstić information content (AvgIpc) is 4.21. The molecule has 0 bridgehead atoms. The van der Waals surface area contributed by atoms with Crippen LogP contribution in [0.15, 0.2) is 273 Å². The molecular weight excluding hydrogens is 957 g/mol. The van der Waals surface area contributed by atoms with Crippen LogP contribution in [-0.4, -0.2) is 13.7 Å². The van der Waals surface area contributed by atoms with Crippen molar-refractivity contribution in [2.24, 2.45) is 0 Å². The molecule has 0 fully saturated rings. The quantitative estimate of drug-likeness (QED) is 0.141. The van der Waals surface area contributed by atoms with Crippen LogP contribution in [0.25, 0.3) is 116 Å². The zero-order chi connectivity index (χ0) is 52.7. The number of anilines is 3. The van der Waals surface area contributed by atoms with Crippen LogP contribution in [0.1, 0.15) is 16.7 Å². The monoisotopic (exact) mass is 1010 g/mol. The molecule has 0 aliphatic heterocycles. The highest BCUT2D eigenvalue weighted by Gasteiger charge is 2.25. The predicted octanol–water partition coefficient (Wildman–Crippen LogP) is 20.4. The van der Waals surface area contributed by atoms with Gasteiger partial charge in [-0.2, -0.15) is 0 Å². The van der Waals surface area contributed by atoms with Crippen molar-refractivity contribution in [1.29, 1.82) is 0 Å².